The molecule has 2 heterocycles. The van der Waals surface area contributed by atoms with Crippen molar-refractivity contribution >= 4 is 22.9 Å². The Kier molecular flexibility index (Phi) is 6.12. The van der Waals surface area contributed by atoms with Crippen LogP contribution in [0.25, 0.3) is 5.57 Å². The monoisotopic (exact) mass is 394 g/mol. The van der Waals surface area contributed by atoms with E-state index in [2.05, 4.69) is 35.1 Å². The Morgan fingerprint density at radius 1 is 1.17 bits per heavy atom. The molecule has 4 rings (SSSR count). The van der Waals surface area contributed by atoms with Crippen LogP contribution in [0.5, 0.6) is 0 Å². The first kappa shape index (κ1) is 19.9. The molecule has 5 heteroatoms. The number of aromatic nitrogens is 2. The number of hydrogen-bond acceptors (Lipinski definition) is 4. The molecule has 29 heavy (non-hydrogen) atoms. The number of fused-ring (bicyclic) bond motifs is 1. The van der Waals surface area contributed by atoms with Crippen molar-refractivity contribution in [2.24, 2.45) is 11.8 Å². The van der Waals surface area contributed by atoms with Crippen LogP contribution in [-0.2, 0) is 0 Å². The van der Waals surface area contributed by atoms with Crippen LogP contribution in [0.4, 0.5) is 21.7 Å². The molecular formula is C24H31FN4. The van der Waals surface area contributed by atoms with Gasteiger partial charge in [0.2, 0.25) is 5.95 Å². The Balaban J connectivity index is 1.64. The highest BCUT2D eigenvalue weighted by molar-refractivity contribution is 5.88. The number of hydrogen-bond donors (Lipinski definition) is 1. The maximum absolute atomic E-state index is 13.4. The highest BCUT2D eigenvalue weighted by Crippen LogP contribution is 2.41. The predicted octanol–water partition coefficient (Wildman–Crippen LogP) is 6.19. The quantitative estimate of drug-likeness (QED) is 0.593. The van der Waals surface area contributed by atoms with Crippen LogP contribution in [0.15, 0.2) is 36.5 Å². The predicted molar refractivity (Wildman–Crippen MR) is 118 cm³/mol. The summed E-state index contributed by atoms with van der Waals surface area (Å²) in [5.74, 6) is 1.94. The molecule has 1 aliphatic carbocycles. The van der Waals surface area contributed by atoms with E-state index in [0.717, 1.165) is 48.9 Å². The van der Waals surface area contributed by atoms with Crippen molar-refractivity contribution in [2.75, 3.05) is 23.3 Å². The number of nitrogens with one attached hydrogen (secondary N) is 1. The normalized spacial score (nSPS) is 22.7. The Hall–Kier alpha value is -2.43. The van der Waals surface area contributed by atoms with Crippen molar-refractivity contribution in [1.29, 1.82) is 0 Å². The number of unbranched alkanes of at least 4 members (excludes halogenated alkanes) is 1. The Morgan fingerprint density at radius 2 is 1.93 bits per heavy atom. The number of allylic oxidation sites excluding steroid dienone is 1. The van der Waals surface area contributed by atoms with E-state index in [9.17, 15) is 4.39 Å². The number of anilines is 3. The maximum Gasteiger partial charge on any atom is 0.223 e. The van der Waals surface area contributed by atoms with Crippen molar-refractivity contribution in [3.63, 3.8) is 0 Å². The lowest BCUT2D eigenvalue weighted by molar-refractivity contribution is 0.331. The molecule has 0 saturated heterocycles. The summed E-state index contributed by atoms with van der Waals surface area (Å²) in [5.41, 5.74) is 4.27. The minimum Gasteiger partial charge on any atom is -0.354 e. The fraction of sp³-hybridized carbons (Fsp3) is 0.500. The van der Waals surface area contributed by atoms with Crippen LogP contribution >= 0.6 is 0 Å². The first-order valence-electron chi connectivity index (χ1n) is 11.0. The molecule has 154 valence electrons. The molecular weight excluding hydrogens is 363 g/mol. The number of halogens is 1. The molecule has 0 bridgehead atoms. The van der Waals surface area contributed by atoms with Gasteiger partial charge < -0.3 is 10.2 Å². The van der Waals surface area contributed by atoms with Crippen LogP contribution in [0.3, 0.4) is 0 Å². The Labute approximate surface area is 173 Å². The fourth-order valence-electron chi connectivity index (χ4n) is 4.32. The Bertz CT molecular complexity index is 854. The lowest BCUT2D eigenvalue weighted by atomic mass is 9.82. The van der Waals surface area contributed by atoms with E-state index in [1.165, 1.54) is 43.4 Å². The smallest absolute Gasteiger partial charge is 0.223 e. The van der Waals surface area contributed by atoms with Gasteiger partial charge in [-0.2, -0.15) is 0 Å². The topological polar surface area (TPSA) is 41.1 Å². The molecule has 0 spiro atoms. The molecule has 1 aromatic carbocycles. The summed E-state index contributed by atoms with van der Waals surface area (Å²) in [5, 5.41) is 3.35. The van der Waals surface area contributed by atoms with Crippen LogP contribution in [0.1, 0.15) is 58.1 Å². The van der Waals surface area contributed by atoms with E-state index in [1.54, 1.807) is 0 Å². The van der Waals surface area contributed by atoms with Crippen molar-refractivity contribution < 1.29 is 4.39 Å². The van der Waals surface area contributed by atoms with E-state index in [1.807, 2.05) is 18.3 Å². The molecule has 1 N–H and O–H groups in total. The molecule has 4 nitrogen and oxygen atoms in total. The third kappa shape index (κ3) is 4.60. The Morgan fingerprint density at radius 3 is 2.66 bits per heavy atom. The van der Waals surface area contributed by atoms with Gasteiger partial charge in [-0.3, -0.25) is 0 Å². The van der Waals surface area contributed by atoms with Crippen molar-refractivity contribution in [3.8, 4) is 0 Å². The fourth-order valence-corrected chi connectivity index (χ4v) is 4.32. The first-order chi connectivity index (χ1) is 14.1. The second-order valence-electron chi connectivity index (χ2n) is 8.48. The molecule has 0 unspecified atom stereocenters. The maximum atomic E-state index is 13.4. The highest BCUT2D eigenvalue weighted by atomic mass is 19.1. The molecule has 1 aliphatic heterocycles. The molecule has 1 saturated carbocycles. The van der Waals surface area contributed by atoms with Crippen LogP contribution in [0.2, 0.25) is 0 Å². The zero-order valence-corrected chi connectivity index (χ0v) is 17.5. The second-order valence-corrected chi connectivity index (χ2v) is 8.48. The SMILES string of the molecule is CCCCNc1ncc2c(n1)/C(=C/C1CCC(C)CC1)CN2c1ccc(F)cc1. The van der Waals surface area contributed by atoms with Gasteiger partial charge in [-0.05, 0) is 60.9 Å². The van der Waals surface area contributed by atoms with Gasteiger partial charge in [-0.15, -0.1) is 0 Å². The zero-order valence-electron chi connectivity index (χ0n) is 17.5. The highest BCUT2D eigenvalue weighted by Gasteiger charge is 2.28. The van der Waals surface area contributed by atoms with Crippen molar-refractivity contribution in [1.82, 2.24) is 9.97 Å². The van der Waals surface area contributed by atoms with Gasteiger partial charge >= 0.3 is 0 Å². The summed E-state index contributed by atoms with van der Waals surface area (Å²) in [4.78, 5) is 11.6. The average Bonchev–Trinajstić information content (AvgIpc) is 3.08. The first-order valence-corrected chi connectivity index (χ1v) is 11.0. The summed E-state index contributed by atoms with van der Waals surface area (Å²) in [6, 6.07) is 6.69. The van der Waals surface area contributed by atoms with Gasteiger partial charge in [-0.1, -0.05) is 39.2 Å². The van der Waals surface area contributed by atoms with Gasteiger partial charge in [0.05, 0.1) is 24.1 Å². The van der Waals surface area contributed by atoms with Crippen LogP contribution in [-0.4, -0.2) is 23.1 Å². The lowest BCUT2D eigenvalue weighted by Gasteiger charge is -2.24. The molecule has 0 atom stereocenters. The summed E-state index contributed by atoms with van der Waals surface area (Å²) in [7, 11) is 0. The molecule has 0 amide bonds. The van der Waals surface area contributed by atoms with Gasteiger partial charge in [0.15, 0.2) is 0 Å². The van der Waals surface area contributed by atoms with Crippen molar-refractivity contribution in [2.45, 2.75) is 52.4 Å². The van der Waals surface area contributed by atoms with E-state index in [4.69, 9.17) is 4.98 Å². The summed E-state index contributed by atoms with van der Waals surface area (Å²) >= 11 is 0. The third-order valence-electron chi connectivity index (χ3n) is 6.14. The molecule has 2 aromatic rings. The van der Waals surface area contributed by atoms with E-state index in [-0.39, 0.29) is 5.82 Å². The largest absolute Gasteiger partial charge is 0.354 e. The molecule has 1 fully saturated rings. The summed E-state index contributed by atoms with van der Waals surface area (Å²) < 4.78 is 13.4. The van der Waals surface area contributed by atoms with Crippen LogP contribution < -0.4 is 10.2 Å². The van der Waals surface area contributed by atoms with Gasteiger partial charge in [0.25, 0.3) is 0 Å². The molecule has 2 aliphatic rings. The number of benzene rings is 1. The zero-order chi connectivity index (χ0) is 20.2. The number of rotatable bonds is 6. The van der Waals surface area contributed by atoms with Crippen LogP contribution in [0, 0.1) is 17.7 Å². The second kappa shape index (κ2) is 8.93. The van der Waals surface area contributed by atoms with E-state index >= 15 is 0 Å². The lowest BCUT2D eigenvalue weighted by Crippen LogP contribution is -2.14. The van der Waals surface area contributed by atoms with Crippen molar-refractivity contribution in [3.05, 3.63) is 48.0 Å². The molecule has 0 radical (unpaired) electrons. The van der Waals surface area contributed by atoms with E-state index < -0.39 is 0 Å². The van der Waals surface area contributed by atoms with Gasteiger partial charge in [0, 0.05) is 12.2 Å². The minimum atomic E-state index is -0.216. The average molecular weight is 395 g/mol. The van der Waals surface area contributed by atoms with E-state index in [0.29, 0.717) is 11.9 Å². The number of nitrogens with zero attached hydrogens (tertiary/aromatic N) is 3. The standard InChI is InChI=1S/C24H31FN4/c1-3-4-13-26-24-27-15-22-23(28-24)19(14-18-7-5-17(2)6-8-18)16-29(22)21-11-9-20(25)10-12-21/h9-12,14-15,17-18H,3-8,13,16H2,1-2H3,(H,26,27,28)/b19-14+. The molecule has 1 aromatic heterocycles. The van der Waals surface area contributed by atoms with Gasteiger partial charge in [-0.25, -0.2) is 14.4 Å². The summed E-state index contributed by atoms with van der Waals surface area (Å²) in [6.07, 6.45) is 11.7. The summed E-state index contributed by atoms with van der Waals surface area (Å²) in [6.45, 7) is 6.18. The third-order valence-corrected chi connectivity index (χ3v) is 6.14. The minimum absolute atomic E-state index is 0.216. The van der Waals surface area contributed by atoms with Gasteiger partial charge in [0.1, 0.15) is 5.82 Å².